The molecule has 0 atom stereocenters. The molecule has 1 N–H and O–H groups in total. The topological polar surface area (TPSA) is 28.7 Å². The Bertz CT molecular complexity index is 723. The lowest BCUT2D eigenvalue weighted by Gasteiger charge is -2.00. The molecule has 0 radical (unpaired) electrons. The first-order valence-corrected chi connectivity index (χ1v) is 8.17. The Kier molecular flexibility index (Phi) is 4.41. The van der Waals surface area contributed by atoms with Crippen LogP contribution in [-0.4, -0.2) is 9.97 Å². The van der Waals surface area contributed by atoms with E-state index in [1.54, 1.807) is 30.1 Å². The fourth-order valence-corrected chi connectivity index (χ4v) is 2.95. The molecule has 2 aromatic carbocycles. The molecule has 0 saturated heterocycles. The summed E-state index contributed by atoms with van der Waals surface area (Å²) < 4.78 is 14.0. The SMILES string of the molecule is Fc1ccc(-c2cnc(SCc3ccc(Br)cc3)[nH]2)cc1. The van der Waals surface area contributed by atoms with Gasteiger partial charge in [0, 0.05) is 10.2 Å². The molecule has 0 bridgehead atoms. The van der Waals surface area contributed by atoms with Crippen LogP contribution in [0.2, 0.25) is 0 Å². The Morgan fingerprint density at radius 3 is 2.48 bits per heavy atom. The average Bonchev–Trinajstić information content (AvgIpc) is 2.96. The molecule has 21 heavy (non-hydrogen) atoms. The van der Waals surface area contributed by atoms with Gasteiger partial charge in [-0.05, 0) is 47.5 Å². The molecule has 0 amide bonds. The van der Waals surface area contributed by atoms with E-state index < -0.39 is 0 Å². The maximum Gasteiger partial charge on any atom is 0.166 e. The minimum atomic E-state index is -0.233. The Morgan fingerprint density at radius 2 is 1.76 bits per heavy atom. The number of H-pyrrole nitrogens is 1. The molecule has 3 aromatic rings. The number of rotatable bonds is 4. The molecule has 1 heterocycles. The van der Waals surface area contributed by atoms with Crippen LogP contribution in [0.1, 0.15) is 5.56 Å². The van der Waals surface area contributed by atoms with Gasteiger partial charge in [-0.2, -0.15) is 0 Å². The van der Waals surface area contributed by atoms with E-state index in [1.807, 2.05) is 12.1 Å². The van der Waals surface area contributed by atoms with Gasteiger partial charge in [-0.3, -0.25) is 0 Å². The van der Waals surface area contributed by atoms with Gasteiger partial charge in [0.2, 0.25) is 0 Å². The van der Waals surface area contributed by atoms with Crippen LogP contribution in [0.15, 0.2) is 64.4 Å². The molecule has 0 fully saturated rings. The Hall–Kier alpha value is -1.59. The number of nitrogens with one attached hydrogen (secondary N) is 1. The van der Waals surface area contributed by atoms with Crippen molar-refractivity contribution in [3.63, 3.8) is 0 Å². The summed E-state index contributed by atoms with van der Waals surface area (Å²) in [5, 5.41) is 0.859. The monoisotopic (exact) mass is 362 g/mol. The highest BCUT2D eigenvalue weighted by atomic mass is 79.9. The lowest BCUT2D eigenvalue weighted by Crippen LogP contribution is -1.82. The van der Waals surface area contributed by atoms with E-state index in [2.05, 4.69) is 38.0 Å². The second-order valence-corrected chi connectivity index (χ2v) is 6.40. The van der Waals surface area contributed by atoms with Gasteiger partial charge in [-0.1, -0.05) is 39.8 Å². The minimum absolute atomic E-state index is 0.233. The summed E-state index contributed by atoms with van der Waals surface area (Å²) >= 11 is 5.07. The second kappa shape index (κ2) is 6.45. The number of aromatic nitrogens is 2. The molecule has 0 aliphatic heterocycles. The maximum absolute atomic E-state index is 12.9. The molecule has 5 heteroatoms. The second-order valence-electron chi connectivity index (χ2n) is 4.52. The normalized spacial score (nSPS) is 10.8. The number of imidazole rings is 1. The van der Waals surface area contributed by atoms with Crippen molar-refractivity contribution < 1.29 is 4.39 Å². The first-order chi connectivity index (χ1) is 10.2. The summed E-state index contributed by atoms with van der Waals surface area (Å²) in [6.07, 6.45) is 1.77. The maximum atomic E-state index is 12.9. The van der Waals surface area contributed by atoms with E-state index in [0.29, 0.717) is 0 Å². The Labute approximate surface area is 134 Å². The lowest BCUT2D eigenvalue weighted by atomic mass is 10.2. The van der Waals surface area contributed by atoms with Crippen LogP contribution in [-0.2, 0) is 5.75 Å². The van der Waals surface area contributed by atoms with Crippen molar-refractivity contribution in [3.8, 4) is 11.3 Å². The van der Waals surface area contributed by atoms with Gasteiger partial charge in [0.05, 0.1) is 11.9 Å². The summed E-state index contributed by atoms with van der Waals surface area (Å²) in [5.41, 5.74) is 3.07. The van der Waals surface area contributed by atoms with Gasteiger partial charge in [-0.15, -0.1) is 0 Å². The quantitative estimate of drug-likeness (QED) is 0.640. The fourth-order valence-electron chi connectivity index (χ4n) is 1.88. The van der Waals surface area contributed by atoms with Crippen molar-refractivity contribution in [2.24, 2.45) is 0 Å². The number of nitrogens with zero attached hydrogens (tertiary/aromatic N) is 1. The van der Waals surface area contributed by atoms with Crippen molar-refractivity contribution in [2.75, 3.05) is 0 Å². The van der Waals surface area contributed by atoms with Gasteiger partial charge >= 0.3 is 0 Å². The summed E-state index contributed by atoms with van der Waals surface area (Å²) in [4.78, 5) is 7.60. The van der Waals surface area contributed by atoms with Gasteiger partial charge < -0.3 is 4.98 Å². The molecular weight excluding hydrogens is 351 g/mol. The number of hydrogen-bond donors (Lipinski definition) is 1. The highest BCUT2D eigenvalue weighted by Gasteiger charge is 2.04. The van der Waals surface area contributed by atoms with E-state index in [4.69, 9.17) is 0 Å². The van der Waals surface area contributed by atoms with Gasteiger partial charge in [0.25, 0.3) is 0 Å². The molecule has 0 aliphatic rings. The zero-order chi connectivity index (χ0) is 14.7. The number of halogens is 2. The number of hydrogen-bond acceptors (Lipinski definition) is 2. The minimum Gasteiger partial charge on any atom is -0.333 e. The van der Waals surface area contributed by atoms with Crippen molar-refractivity contribution in [1.29, 1.82) is 0 Å². The van der Waals surface area contributed by atoms with E-state index in [0.717, 1.165) is 26.6 Å². The van der Waals surface area contributed by atoms with Crippen LogP contribution in [0.5, 0.6) is 0 Å². The third-order valence-electron chi connectivity index (χ3n) is 3.00. The molecule has 2 nitrogen and oxygen atoms in total. The van der Waals surface area contributed by atoms with Crippen molar-refractivity contribution in [3.05, 3.63) is 70.6 Å². The zero-order valence-corrected chi connectivity index (χ0v) is 13.4. The number of thioether (sulfide) groups is 1. The van der Waals surface area contributed by atoms with Crippen LogP contribution in [0.25, 0.3) is 11.3 Å². The van der Waals surface area contributed by atoms with Crippen molar-refractivity contribution >= 4 is 27.7 Å². The van der Waals surface area contributed by atoms with Crippen LogP contribution in [0.4, 0.5) is 4.39 Å². The summed E-state index contributed by atoms with van der Waals surface area (Å²) in [6.45, 7) is 0. The summed E-state index contributed by atoms with van der Waals surface area (Å²) in [7, 11) is 0. The van der Waals surface area contributed by atoms with E-state index in [9.17, 15) is 4.39 Å². The Morgan fingerprint density at radius 1 is 1.05 bits per heavy atom. The smallest absolute Gasteiger partial charge is 0.166 e. The van der Waals surface area contributed by atoms with E-state index >= 15 is 0 Å². The molecule has 0 aliphatic carbocycles. The first-order valence-electron chi connectivity index (χ1n) is 6.39. The zero-order valence-electron chi connectivity index (χ0n) is 11.0. The van der Waals surface area contributed by atoms with Gasteiger partial charge in [0.1, 0.15) is 5.82 Å². The average molecular weight is 363 g/mol. The van der Waals surface area contributed by atoms with Crippen LogP contribution >= 0.6 is 27.7 Å². The highest BCUT2D eigenvalue weighted by Crippen LogP contribution is 2.24. The molecular formula is C16H12BrFN2S. The predicted octanol–water partition coefficient (Wildman–Crippen LogP) is 5.27. The predicted molar refractivity (Wildman–Crippen MR) is 87.7 cm³/mol. The molecule has 0 unspecified atom stereocenters. The van der Waals surface area contributed by atoms with Crippen LogP contribution < -0.4 is 0 Å². The number of aromatic amines is 1. The lowest BCUT2D eigenvalue weighted by molar-refractivity contribution is 0.628. The standard InChI is InChI=1S/C16H12BrFN2S/c17-13-5-1-11(2-6-13)10-21-16-19-9-15(20-16)12-3-7-14(18)8-4-12/h1-9H,10H2,(H,19,20). The fraction of sp³-hybridized carbons (Fsp3) is 0.0625. The van der Waals surface area contributed by atoms with Gasteiger partial charge in [0.15, 0.2) is 5.16 Å². The molecule has 0 saturated carbocycles. The Balaban J connectivity index is 1.67. The van der Waals surface area contributed by atoms with Crippen molar-refractivity contribution in [1.82, 2.24) is 9.97 Å². The van der Waals surface area contributed by atoms with E-state index in [-0.39, 0.29) is 5.82 Å². The third kappa shape index (κ3) is 3.74. The largest absolute Gasteiger partial charge is 0.333 e. The number of benzene rings is 2. The van der Waals surface area contributed by atoms with Crippen LogP contribution in [0, 0.1) is 5.82 Å². The van der Waals surface area contributed by atoms with Crippen LogP contribution in [0.3, 0.4) is 0 Å². The molecule has 0 spiro atoms. The molecule has 1 aromatic heterocycles. The van der Waals surface area contributed by atoms with E-state index in [1.165, 1.54) is 17.7 Å². The first kappa shape index (κ1) is 14.4. The highest BCUT2D eigenvalue weighted by molar-refractivity contribution is 9.10. The third-order valence-corrected chi connectivity index (χ3v) is 4.48. The van der Waals surface area contributed by atoms with Gasteiger partial charge in [-0.25, -0.2) is 9.37 Å². The summed E-state index contributed by atoms with van der Waals surface area (Å²) in [5.74, 6) is 0.618. The summed E-state index contributed by atoms with van der Waals surface area (Å²) in [6, 6.07) is 14.6. The van der Waals surface area contributed by atoms with Crippen molar-refractivity contribution in [2.45, 2.75) is 10.9 Å². The molecule has 3 rings (SSSR count). The molecule has 106 valence electrons.